The Bertz CT molecular complexity index is 334. The topological polar surface area (TPSA) is 58.6 Å². The summed E-state index contributed by atoms with van der Waals surface area (Å²) in [7, 11) is 3.52. The fraction of sp³-hybridized carbons (Fsp3) is 0.786. The summed E-state index contributed by atoms with van der Waals surface area (Å²) in [6, 6.07) is -0.0856. The van der Waals surface area contributed by atoms with Crippen LogP contribution in [0.5, 0.6) is 0 Å². The predicted octanol–water partition coefficient (Wildman–Crippen LogP) is 1.97. The second-order valence-electron chi connectivity index (χ2n) is 6.23. The van der Waals surface area contributed by atoms with E-state index in [1.165, 1.54) is 0 Å². The van der Waals surface area contributed by atoms with E-state index in [2.05, 4.69) is 5.32 Å². The van der Waals surface area contributed by atoms with E-state index in [-0.39, 0.29) is 17.9 Å². The highest BCUT2D eigenvalue weighted by Crippen LogP contribution is 2.25. The molecular weight excluding hydrogens is 244 g/mol. The first-order valence-corrected chi connectivity index (χ1v) is 6.73. The lowest BCUT2D eigenvalue weighted by Crippen LogP contribution is -2.44. The molecule has 0 spiro atoms. The van der Waals surface area contributed by atoms with Gasteiger partial charge in [-0.3, -0.25) is 4.79 Å². The standard InChI is InChI=1S/C14H25N2O3/c1-14(2,3)19-13(18)15-11-8-6-7-10(9-11)12(17)16(4)5/h8,10-11H,6-7,9H2,1-5H3,(H,15,18)/t10-,11+/m0/s1. The number of rotatable bonds is 2. The Labute approximate surface area is 115 Å². The van der Waals surface area contributed by atoms with E-state index in [1.54, 1.807) is 19.0 Å². The van der Waals surface area contributed by atoms with Gasteiger partial charge in [0.05, 0.1) is 0 Å². The van der Waals surface area contributed by atoms with Gasteiger partial charge in [-0.15, -0.1) is 0 Å². The Hall–Kier alpha value is -1.26. The van der Waals surface area contributed by atoms with Gasteiger partial charge in [-0.25, -0.2) is 4.79 Å². The van der Waals surface area contributed by atoms with Gasteiger partial charge in [0, 0.05) is 26.1 Å². The molecule has 1 radical (unpaired) electrons. The van der Waals surface area contributed by atoms with E-state index in [9.17, 15) is 9.59 Å². The van der Waals surface area contributed by atoms with Gasteiger partial charge in [-0.2, -0.15) is 0 Å². The molecule has 2 atom stereocenters. The largest absolute Gasteiger partial charge is 0.444 e. The molecule has 0 heterocycles. The molecule has 109 valence electrons. The summed E-state index contributed by atoms with van der Waals surface area (Å²) in [6.07, 6.45) is 3.96. The second-order valence-corrected chi connectivity index (χ2v) is 6.23. The molecule has 19 heavy (non-hydrogen) atoms. The number of hydrogen-bond donors (Lipinski definition) is 1. The van der Waals surface area contributed by atoms with Crippen molar-refractivity contribution in [2.75, 3.05) is 14.1 Å². The Balaban J connectivity index is 2.47. The Morgan fingerprint density at radius 2 is 1.95 bits per heavy atom. The van der Waals surface area contributed by atoms with Crippen LogP contribution in [0.25, 0.3) is 0 Å². The number of carbonyl (C=O) groups is 2. The molecule has 5 nitrogen and oxygen atoms in total. The maximum atomic E-state index is 11.9. The maximum absolute atomic E-state index is 11.9. The van der Waals surface area contributed by atoms with Crippen molar-refractivity contribution in [3.05, 3.63) is 6.42 Å². The lowest BCUT2D eigenvalue weighted by atomic mass is 9.85. The van der Waals surface area contributed by atoms with Crippen LogP contribution >= 0.6 is 0 Å². The number of amides is 2. The zero-order chi connectivity index (χ0) is 14.6. The predicted molar refractivity (Wildman–Crippen MR) is 73.5 cm³/mol. The van der Waals surface area contributed by atoms with Crippen molar-refractivity contribution in [1.29, 1.82) is 0 Å². The van der Waals surface area contributed by atoms with Gasteiger partial charge in [-0.05, 0) is 46.5 Å². The van der Waals surface area contributed by atoms with E-state index < -0.39 is 11.7 Å². The highest BCUT2D eigenvalue weighted by atomic mass is 16.6. The lowest BCUT2D eigenvalue weighted by Gasteiger charge is -2.31. The summed E-state index contributed by atoms with van der Waals surface area (Å²) in [5.74, 6) is 0.115. The maximum Gasteiger partial charge on any atom is 0.407 e. The third kappa shape index (κ3) is 5.49. The first-order chi connectivity index (χ1) is 8.69. The number of nitrogens with zero attached hydrogens (tertiary/aromatic N) is 1. The van der Waals surface area contributed by atoms with Gasteiger partial charge < -0.3 is 15.0 Å². The molecule has 1 rings (SSSR count). The van der Waals surface area contributed by atoms with Crippen LogP contribution in [0, 0.1) is 12.3 Å². The highest BCUT2D eigenvalue weighted by Gasteiger charge is 2.30. The summed E-state index contributed by atoms with van der Waals surface area (Å²) < 4.78 is 5.22. The van der Waals surface area contributed by atoms with Crippen molar-refractivity contribution in [3.63, 3.8) is 0 Å². The molecule has 0 aromatic carbocycles. The van der Waals surface area contributed by atoms with Crippen molar-refractivity contribution in [1.82, 2.24) is 10.2 Å². The third-order valence-corrected chi connectivity index (χ3v) is 3.00. The quantitative estimate of drug-likeness (QED) is 0.834. The normalized spacial score (nSPS) is 23.6. The van der Waals surface area contributed by atoms with Crippen LogP contribution in [0.1, 0.15) is 40.0 Å². The van der Waals surface area contributed by atoms with E-state index in [0.717, 1.165) is 12.8 Å². The van der Waals surface area contributed by atoms with E-state index >= 15 is 0 Å². The zero-order valence-corrected chi connectivity index (χ0v) is 12.5. The van der Waals surface area contributed by atoms with Gasteiger partial charge >= 0.3 is 6.09 Å². The average Bonchev–Trinajstić information content (AvgIpc) is 2.25. The number of alkyl carbamates (subject to hydrolysis) is 1. The highest BCUT2D eigenvalue weighted by molar-refractivity contribution is 5.78. The molecule has 0 aromatic rings. The number of nitrogens with one attached hydrogen (secondary N) is 1. The van der Waals surface area contributed by atoms with Gasteiger partial charge in [-0.1, -0.05) is 0 Å². The third-order valence-electron chi connectivity index (χ3n) is 3.00. The van der Waals surface area contributed by atoms with Crippen LogP contribution in [-0.2, 0) is 9.53 Å². The molecule has 0 bridgehead atoms. The van der Waals surface area contributed by atoms with Gasteiger partial charge in [0.1, 0.15) is 5.60 Å². The summed E-state index contributed by atoms with van der Waals surface area (Å²) in [4.78, 5) is 25.2. The molecule has 0 aliphatic heterocycles. The average molecular weight is 269 g/mol. The van der Waals surface area contributed by atoms with Gasteiger partial charge in [0.15, 0.2) is 0 Å². The van der Waals surface area contributed by atoms with E-state index in [0.29, 0.717) is 6.42 Å². The van der Waals surface area contributed by atoms with Crippen LogP contribution < -0.4 is 5.32 Å². The van der Waals surface area contributed by atoms with Crippen molar-refractivity contribution >= 4 is 12.0 Å². The van der Waals surface area contributed by atoms with Gasteiger partial charge in [0.2, 0.25) is 5.91 Å². The monoisotopic (exact) mass is 269 g/mol. The molecule has 0 saturated heterocycles. The summed E-state index contributed by atoms with van der Waals surface area (Å²) in [5.41, 5.74) is -0.502. The van der Waals surface area contributed by atoms with E-state index in [4.69, 9.17) is 4.74 Å². The molecule has 1 fully saturated rings. The summed E-state index contributed by atoms with van der Waals surface area (Å²) >= 11 is 0. The molecule has 1 saturated carbocycles. The molecule has 1 aliphatic carbocycles. The summed E-state index contributed by atoms with van der Waals surface area (Å²) in [5, 5.41) is 2.81. The zero-order valence-electron chi connectivity index (χ0n) is 12.5. The number of carbonyl (C=O) groups excluding carboxylic acids is 2. The fourth-order valence-corrected chi connectivity index (χ4v) is 2.19. The second kappa shape index (κ2) is 6.26. The SMILES string of the molecule is CN(C)C(=O)[C@H]1CC[CH][C@@H](NC(=O)OC(C)(C)C)C1. The Morgan fingerprint density at radius 1 is 1.32 bits per heavy atom. The Morgan fingerprint density at radius 3 is 2.47 bits per heavy atom. The van der Waals surface area contributed by atoms with Crippen molar-refractivity contribution in [2.24, 2.45) is 5.92 Å². The van der Waals surface area contributed by atoms with Crippen molar-refractivity contribution < 1.29 is 14.3 Å². The summed E-state index contributed by atoms with van der Waals surface area (Å²) in [6.45, 7) is 5.49. The molecule has 1 aliphatic rings. The molecule has 0 aromatic heterocycles. The van der Waals surface area contributed by atoms with Crippen LogP contribution in [0.3, 0.4) is 0 Å². The van der Waals surface area contributed by atoms with Crippen molar-refractivity contribution in [3.8, 4) is 0 Å². The fourth-order valence-electron chi connectivity index (χ4n) is 2.19. The van der Waals surface area contributed by atoms with Crippen LogP contribution in [0.2, 0.25) is 0 Å². The lowest BCUT2D eigenvalue weighted by molar-refractivity contribution is -0.133. The number of hydrogen-bond acceptors (Lipinski definition) is 3. The molecule has 5 heteroatoms. The smallest absolute Gasteiger partial charge is 0.407 e. The van der Waals surface area contributed by atoms with Crippen LogP contribution in [-0.4, -0.2) is 42.6 Å². The first kappa shape index (κ1) is 15.8. The first-order valence-electron chi connectivity index (χ1n) is 6.73. The minimum atomic E-state index is -0.502. The Kier molecular flexibility index (Phi) is 5.20. The molecular formula is C14H25N2O3. The molecule has 2 amide bonds. The molecule has 1 N–H and O–H groups in total. The van der Waals surface area contributed by atoms with Crippen LogP contribution in [0.15, 0.2) is 0 Å². The van der Waals surface area contributed by atoms with Crippen LogP contribution in [0.4, 0.5) is 4.79 Å². The molecule has 0 unspecified atom stereocenters. The number of ether oxygens (including phenoxy) is 1. The van der Waals surface area contributed by atoms with Gasteiger partial charge in [0.25, 0.3) is 0 Å². The minimum Gasteiger partial charge on any atom is -0.444 e. The van der Waals surface area contributed by atoms with Crippen molar-refractivity contribution in [2.45, 2.75) is 51.7 Å². The minimum absolute atomic E-state index is 0.0139. The van der Waals surface area contributed by atoms with E-state index in [1.807, 2.05) is 27.2 Å².